The lowest BCUT2D eigenvalue weighted by molar-refractivity contribution is 0.0756. The SMILES string of the molecule is CC(C)N(C)C(=O)c1cc(F)cc2[nH]c(=S)[nH]c12. The predicted molar refractivity (Wildman–Crippen MR) is 70.7 cm³/mol. The van der Waals surface area contributed by atoms with Crippen LogP contribution < -0.4 is 0 Å². The molecule has 0 saturated heterocycles. The summed E-state index contributed by atoms with van der Waals surface area (Å²) in [7, 11) is 1.69. The van der Waals surface area contributed by atoms with Crippen LogP contribution in [0.2, 0.25) is 0 Å². The van der Waals surface area contributed by atoms with Gasteiger partial charge in [-0.25, -0.2) is 4.39 Å². The lowest BCUT2D eigenvalue weighted by Gasteiger charge is -2.21. The van der Waals surface area contributed by atoms with Crippen molar-refractivity contribution in [2.24, 2.45) is 0 Å². The standard InChI is InChI=1S/C12H14FN3OS/c1-6(2)16(3)11(17)8-4-7(13)5-9-10(8)15-12(18)14-9/h4-6H,1-3H3,(H2,14,15,18). The zero-order valence-corrected chi connectivity index (χ0v) is 11.2. The van der Waals surface area contributed by atoms with Gasteiger partial charge < -0.3 is 14.9 Å². The van der Waals surface area contributed by atoms with Crippen LogP contribution in [0.5, 0.6) is 0 Å². The second kappa shape index (κ2) is 4.53. The van der Waals surface area contributed by atoms with E-state index in [1.165, 1.54) is 12.1 Å². The maximum atomic E-state index is 13.5. The monoisotopic (exact) mass is 267 g/mol. The Labute approximate surface area is 109 Å². The van der Waals surface area contributed by atoms with Crippen molar-refractivity contribution in [3.63, 3.8) is 0 Å². The van der Waals surface area contributed by atoms with E-state index in [9.17, 15) is 9.18 Å². The first-order chi connectivity index (χ1) is 8.40. The third-order valence-electron chi connectivity index (χ3n) is 2.92. The highest BCUT2D eigenvalue weighted by atomic mass is 32.1. The van der Waals surface area contributed by atoms with E-state index in [2.05, 4.69) is 9.97 Å². The molecule has 0 bridgehead atoms. The summed E-state index contributed by atoms with van der Waals surface area (Å²) < 4.78 is 13.9. The largest absolute Gasteiger partial charge is 0.339 e. The van der Waals surface area contributed by atoms with Crippen molar-refractivity contribution >= 4 is 29.2 Å². The molecule has 0 aliphatic heterocycles. The number of benzene rings is 1. The minimum Gasteiger partial charge on any atom is -0.339 e. The molecular formula is C12H14FN3OS. The van der Waals surface area contributed by atoms with Crippen LogP contribution in [0.3, 0.4) is 0 Å². The molecule has 0 spiro atoms. The molecule has 4 nitrogen and oxygen atoms in total. The second-order valence-electron chi connectivity index (χ2n) is 4.46. The zero-order chi connectivity index (χ0) is 13.4. The molecule has 1 aromatic heterocycles. The number of H-pyrrole nitrogens is 2. The van der Waals surface area contributed by atoms with E-state index in [0.717, 1.165) is 0 Å². The number of aromatic amines is 2. The Balaban J connectivity index is 2.63. The number of imidazole rings is 1. The number of fused-ring (bicyclic) bond motifs is 1. The summed E-state index contributed by atoms with van der Waals surface area (Å²) in [6.07, 6.45) is 0. The normalized spacial score (nSPS) is 11.2. The fraction of sp³-hybridized carbons (Fsp3) is 0.333. The number of hydrogen-bond acceptors (Lipinski definition) is 2. The van der Waals surface area contributed by atoms with Gasteiger partial charge in [-0.3, -0.25) is 4.79 Å². The molecular weight excluding hydrogens is 253 g/mol. The summed E-state index contributed by atoms with van der Waals surface area (Å²) in [4.78, 5) is 19.5. The molecule has 2 N–H and O–H groups in total. The summed E-state index contributed by atoms with van der Waals surface area (Å²) >= 11 is 4.96. The van der Waals surface area contributed by atoms with Crippen molar-refractivity contribution in [2.75, 3.05) is 7.05 Å². The maximum Gasteiger partial charge on any atom is 0.256 e. The smallest absolute Gasteiger partial charge is 0.256 e. The number of hydrogen-bond donors (Lipinski definition) is 2. The third kappa shape index (κ3) is 2.15. The van der Waals surface area contributed by atoms with Gasteiger partial charge in [-0.15, -0.1) is 0 Å². The molecule has 18 heavy (non-hydrogen) atoms. The molecule has 1 aromatic carbocycles. The lowest BCUT2D eigenvalue weighted by atomic mass is 10.1. The first-order valence-corrected chi connectivity index (χ1v) is 5.99. The van der Waals surface area contributed by atoms with E-state index >= 15 is 0 Å². The van der Waals surface area contributed by atoms with Gasteiger partial charge in [-0.2, -0.15) is 0 Å². The van der Waals surface area contributed by atoms with Gasteiger partial charge in [0.15, 0.2) is 4.77 Å². The van der Waals surface area contributed by atoms with Crippen LogP contribution >= 0.6 is 12.2 Å². The number of halogens is 1. The fourth-order valence-corrected chi connectivity index (χ4v) is 1.91. The van der Waals surface area contributed by atoms with Gasteiger partial charge in [0, 0.05) is 13.1 Å². The van der Waals surface area contributed by atoms with Crippen molar-refractivity contribution in [3.05, 3.63) is 28.3 Å². The number of rotatable bonds is 2. The van der Waals surface area contributed by atoms with Gasteiger partial charge in [0.25, 0.3) is 5.91 Å². The molecule has 96 valence electrons. The van der Waals surface area contributed by atoms with E-state index in [1.54, 1.807) is 11.9 Å². The zero-order valence-electron chi connectivity index (χ0n) is 10.4. The topological polar surface area (TPSA) is 51.9 Å². The number of carbonyl (C=O) groups excluding carboxylic acids is 1. The summed E-state index contributed by atoms with van der Waals surface area (Å²) in [5.41, 5.74) is 1.33. The van der Waals surface area contributed by atoms with Crippen LogP contribution in [0.1, 0.15) is 24.2 Å². The fourth-order valence-electron chi connectivity index (χ4n) is 1.70. The average Bonchev–Trinajstić information content (AvgIpc) is 2.65. The first-order valence-electron chi connectivity index (χ1n) is 5.59. The summed E-state index contributed by atoms with van der Waals surface area (Å²) in [6.45, 7) is 3.79. The molecule has 2 aromatic rings. The van der Waals surface area contributed by atoms with E-state index in [4.69, 9.17) is 12.2 Å². The minimum absolute atomic E-state index is 0.0396. The van der Waals surface area contributed by atoms with Crippen molar-refractivity contribution < 1.29 is 9.18 Å². The number of amides is 1. The molecule has 2 rings (SSSR count). The van der Waals surface area contributed by atoms with Crippen LogP contribution in [0.25, 0.3) is 11.0 Å². The molecule has 0 atom stereocenters. The molecule has 0 unspecified atom stereocenters. The molecule has 0 fully saturated rings. The molecule has 0 aliphatic carbocycles. The van der Waals surface area contributed by atoms with Gasteiger partial charge in [-0.1, -0.05) is 0 Å². The number of aromatic nitrogens is 2. The predicted octanol–water partition coefficient (Wildman–Crippen LogP) is 2.84. The van der Waals surface area contributed by atoms with E-state index in [1.807, 2.05) is 13.8 Å². The highest BCUT2D eigenvalue weighted by Gasteiger charge is 2.19. The number of carbonyl (C=O) groups is 1. The minimum atomic E-state index is -0.465. The van der Waals surface area contributed by atoms with Crippen LogP contribution in [-0.4, -0.2) is 33.9 Å². The van der Waals surface area contributed by atoms with E-state index < -0.39 is 5.82 Å². The van der Waals surface area contributed by atoms with E-state index in [-0.39, 0.29) is 17.5 Å². The Bertz CT molecular complexity index is 659. The summed E-state index contributed by atoms with van der Waals surface area (Å²) in [5, 5.41) is 0. The highest BCUT2D eigenvalue weighted by molar-refractivity contribution is 7.71. The number of nitrogens with zero attached hydrogens (tertiary/aromatic N) is 1. The first kappa shape index (κ1) is 12.8. The molecule has 0 aliphatic rings. The van der Waals surface area contributed by atoms with Crippen LogP contribution in [0.15, 0.2) is 12.1 Å². The average molecular weight is 267 g/mol. The van der Waals surface area contributed by atoms with Gasteiger partial charge in [0.1, 0.15) is 5.82 Å². The van der Waals surface area contributed by atoms with Crippen LogP contribution in [0.4, 0.5) is 4.39 Å². The van der Waals surface area contributed by atoms with Gasteiger partial charge in [0.2, 0.25) is 0 Å². The lowest BCUT2D eigenvalue weighted by Crippen LogP contribution is -2.33. The summed E-state index contributed by atoms with van der Waals surface area (Å²) in [5.74, 6) is -0.701. The van der Waals surface area contributed by atoms with Crippen molar-refractivity contribution in [1.29, 1.82) is 0 Å². The van der Waals surface area contributed by atoms with Crippen molar-refractivity contribution in [2.45, 2.75) is 19.9 Å². The Morgan fingerprint density at radius 1 is 1.39 bits per heavy atom. The van der Waals surface area contributed by atoms with Gasteiger partial charge in [-0.05, 0) is 38.2 Å². The Morgan fingerprint density at radius 2 is 2.06 bits per heavy atom. The Kier molecular flexibility index (Phi) is 3.21. The molecule has 0 radical (unpaired) electrons. The van der Waals surface area contributed by atoms with Gasteiger partial charge >= 0.3 is 0 Å². The van der Waals surface area contributed by atoms with Gasteiger partial charge in [0.05, 0.1) is 16.6 Å². The maximum absolute atomic E-state index is 13.5. The second-order valence-corrected chi connectivity index (χ2v) is 4.87. The highest BCUT2D eigenvalue weighted by Crippen LogP contribution is 2.19. The summed E-state index contributed by atoms with van der Waals surface area (Å²) in [6, 6.07) is 2.58. The quantitative estimate of drug-likeness (QED) is 0.822. The third-order valence-corrected chi connectivity index (χ3v) is 3.12. The number of nitrogens with one attached hydrogen (secondary N) is 2. The van der Waals surface area contributed by atoms with Crippen molar-refractivity contribution in [3.8, 4) is 0 Å². The molecule has 1 amide bonds. The van der Waals surface area contributed by atoms with Crippen LogP contribution in [0, 0.1) is 10.6 Å². The molecule has 0 saturated carbocycles. The Morgan fingerprint density at radius 3 is 2.67 bits per heavy atom. The molecule has 1 heterocycles. The van der Waals surface area contributed by atoms with Crippen LogP contribution in [-0.2, 0) is 0 Å². The molecule has 6 heteroatoms. The van der Waals surface area contributed by atoms with E-state index in [0.29, 0.717) is 15.8 Å². The van der Waals surface area contributed by atoms with Crippen molar-refractivity contribution in [1.82, 2.24) is 14.9 Å². The Hall–Kier alpha value is -1.69.